The van der Waals surface area contributed by atoms with Gasteiger partial charge in [-0.05, 0) is 26.7 Å². The van der Waals surface area contributed by atoms with Crippen LogP contribution in [-0.4, -0.2) is 44.9 Å². The number of carbonyl (C=O) groups is 1. The van der Waals surface area contributed by atoms with E-state index >= 15 is 0 Å². The van der Waals surface area contributed by atoms with Crippen molar-refractivity contribution in [3.8, 4) is 0 Å². The van der Waals surface area contributed by atoms with Gasteiger partial charge < -0.3 is 10.0 Å². The quantitative estimate of drug-likeness (QED) is 0.835. The first-order chi connectivity index (χ1) is 8.49. The third kappa shape index (κ3) is 2.56. The number of aliphatic hydroxyl groups is 1. The lowest BCUT2D eigenvalue weighted by Gasteiger charge is -2.30. The Hall–Kier alpha value is -1.36. The number of β-amino-alcohol motifs (C(OH)–C–C–N with tert-alkyl or cyclic N) is 1. The van der Waals surface area contributed by atoms with Gasteiger partial charge in [-0.25, -0.2) is 0 Å². The zero-order chi connectivity index (χ0) is 13.3. The lowest BCUT2D eigenvalue weighted by Crippen LogP contribution is -2.42. The van der Waals surface area contributed by atoms with E-state index in [1.54, 1.807) is 4.90 Å². The molecule has 1 saturated heterocycles. The lowest BCUT2D eigenvalue weighted by molar-refractivity contribution is -0.133. The smallest absolute Gasteiger partial charge is 0.227 e. The van der Waals surface area contributed by atoms with E-state index in [1.807, 2.05) is 25.6 Å². The van der Waals surface area contributed by atoms with Crippen molar-refractivity contribution in [1.29, 1.82) is 0 Å². The summed E-state index contributed by atoms with van der Waals surface area (Å²) in [5, 5.41) is 13.9. The molecule has 2 rings (SSSR count). The summed E-state index contributed by atoms with van der Waals surface area (Å²) in [6.07, 6.45) is 1.71. The molecule has 1 atom stereocenters. The number of carbonyl (C=O) groups excluding carboxylic acids is 1. The number of nitrogens with zero attached hydrogens (tertiary/aromatic N) is 3. The molecule has 1 aliphatic rings. The second-order valence-electron chi connectivity index (χ2n) is 5.09. The molecule has 1 N–H and O–H groups in total. The Bertz CT molecular complexity index is 453. The van der Waals surface area contributed by atoms with Crippen LogP contribution in [0.25, 0.3) is 0 Å². The van der Waals surface area contributed by atoms with Gasteiger partial charge in [0.15, 0.2) is 0 Å². The van der Waals surface area contributed by atoms with Gasteiger partial charge in [-0.1, -0.05) is 0 Å². The highest BCUT2D eigenvalue weighted by molar-refractivity contribution is 5.79. The Kier molecular flexibility index (Phi) is 3.71. The Morgan fingerprint density at radius 3 is 2.78 bits per heavy atom. The van der Waals surface area contributed by atoms with E-state index in [0.29, 0.717) is 13.0 Å². The number of amides is 1. The number of likely N-dealkylation sites (tertiary alicyclic amines) is 1. The van der Waals surface area contributed by atoms with E-state index in [9.17, 15) is 9.90 Å². The molecule has 100 valence electrons. The van der Waals surface area contributed by atoms with Gasteiger partial charge in [-0.2, -0.15) is 5.10 Å². The van der Waals surface area contributed by atoms with Crippen LogP contribution < -0.4 is 0 Å². The number of aryl methyl sites for hydroxylation is 2. The van der Waals surface area contributed by atoms with Gasteiger partial charge in [0, 0.05) is 31.4 Å². The Labute approximate surface area is 107 Å². The standard InChI is InChI=1S/C13H21N3O2/c1-9-12(10(2)15(3)14-9)7-13(18)16-6-4-5-11(17)8-16/h11,17H,4-8H2,1-3H3. The molecule has 1 amide bonds. The molecule has 18 heavy (non-hydrogen) atoms. The zero-order valence-electron chi connectivity index (χ0n) is 11.3. The molecule has 1 aromatic heterocycles. The molecular weight excluding hydrogens is 230 g/mol. The molecule has 0 aromatic carbocycles. The predicted molar refractivity (Wildman–Crippen MR) is 68.2 cm³/mol. The summed E-state index contributed by atoms with van der Waals surface area (Å²) in [4.78, 5) is 14.0. The molecule has 2 heterocycles. The van der Waals surface area contributed by atoms with Crippen LogP contribution >= 0.6 is 0 Å². The first kappa shape index (κ1) is 13.1. The van der Waals surface area contributed by atoms with E-state index in [4.69, 9.17) is 0 Å². The maximum Gasteiger partial charge on any atom is 0.227 e. The van der Waals surface area contributed by atoms with Crippen molar-refractivity contribution >= 4 is 5.91 Å². The molecule has 1 fully saturated rings. The fraction of sp³-hybridized carbons (Fsp3) is 0.692. The minimum absolute atomic E-state index is 0.0907. The van der Waals surface area contributed by atoms with Gasteiger partial charge in [0.05, 0.1) is 18.2 Å². The van der Waals surface area contributed by atoms with Gasteiger partial charge >= 0.3 is 0 Å². The number of hydrogen-bond acceptors (Lipinski definition) is 3. The monoisotopic (exact) mass is 251 g/mol. The van der Waals surface area contributed by atoms with E-state index in [1.165, 1.54) is 0 Å². The normalized spacial score (nSPS) is 20.2. The summed E-state index contributed by atoms with van der Waals surface area (Å²) in [5.41, 5.74) is 2.97. The summed E-state index contributed by atoms with van der Waals surface area (Å²) >= 11 is 0. The number of hydrogen-bond donors (Lipinski definition) is 1. The van der Waals surface area contributed by atoms with Crippen LogP contribution in [0.15, 0.2) is 0 Å². The van der Waals surface area contributed by atoms with Crippen molar-refractivity contribution in [2.75, 3.05) is 13.1 Å². The summed E-state index contributed by atoms with van der Waals surface area (Å²) in [5.74, 6) is 0.0907. The van der Waals surface area contributed by atoms with E-state index < -0.39 is 0 Å². The van der Waals surface area contributed by atoms with Crippen LogP contribution in [0.4, 0.5) is 0 Å². The number of aromatic nitrogens is 2. The van der Waals surface area contributed by atoms with Crippen LogP contribution in [0, 0.1) is 13.8 Å². The number of rotatable bonds is 2. The fourth-order valence-corrected chi connectivity index (χ4v) is 2.52. The lowest BCUT2D eigenvalue weighted by atomic mass is 10.1. The number of aliphatic hydroxyl groups excluding tert-OH is 1. The van der Waals surface area contributed by atoms with Crippen molar-refractivity contribution in [3.05, 3.63) is 17.0 Å². The maximum atomic E-state index is 12.2. The van der Waals surface area contributed by atoms with Crippen molar-refractivity contribution in [3.63, 3.8) is 0 Å². The molecule has 1 aliphatic heterocycles. The SMILES string of the molecule is Cc1nn(C)c(C)c1CC(=O)N1CCCC(O)C1. The number of piperidine rings is 1. The molecule has 0 radical (unpaired) electrons. The van der Waals surface area contributed by atoms with Crippen LogP contribution in [0.2, 0.25) is 0 Å². The van der Waals surface area contributed by atoms with Gasteiger partial charge in [0.1, 0.15) is 0 Å². The Morgan fingerprint density at radius 1 is 1.50 bits per heavy atom. The topological polar surface area (TPSA) is 58.4 Å². The highest BCUT2D eigenvalue weighted by atomic mass is 16.3. The second kappa shape index (κ2) is 5.10. The van der Waals surface area contributed by atoms with E-state index in [2.05, 4.69) is 5.10 Å². The molecule has 1 aromatic rings. The third-order valence-corrected chi connectivity index (χ3v) is 3.74. The molecule has 0 spiro atoms. The second-order valence-corrected chi connectivity index (χ2v) is 5.09. The summed E-state index contributed by atoms with van der Waals surface area (Å²) < 4.78 is 1.81. The predicted octanol–water partition coefficient (Wildman–Crippen LogP) is 0.563. The van der Waals surface area contributed by atoms with Crippen LogP contribution in [0.3, 0.4) is 0 Å². The first-order valence-electron chi connectivity index (χ1n) is 6.44. The maximum absolute atomic E-state index is 12.2. The third-order valence-electron chi connectivity index (χ3n) is 3.74. The molecule has 1 unspecified atom stereocenters. The van der Waals surface area contributed by atoms with E-state index in [-0.39, 0.29) is 12.0 Å². The summed E-state index contributed by atoms with van der Waals surface area (Å²) in [6, 6.07) is 0. The van der Waals surface area contributed by atoms with Gasteiger partial charge in [-0.15, -0.1) is 0 Å². The van der Waals surface area contributed by atoms with Crippen molar-refractivity contribution in [2.24, 2.45) is 7.05 Å². The summed E-state index contributed by atoms with van der Waals surface area (Å²) in [6.45, 7) is 5.14. The molecular formula is C13H21N3O2. The van der Waals surface area contributed by atoms with Gasteiger partial charge in [0.25, 0.3) is 0 Å². The zero-order valence-corrected chi connectivity index (χ0v) is 11.3. The highest BCUT2D eigenvalue weighted by Crippen LogP contribution is 2.16. The van der Waals surface area contributed by atoms with Gasteiger partial charge in [0.2, 0.25) is 5.91 Å². The van der Waals surface area contributed by atoms with Crippen LogP contribution in [0.1, 0.15) is 29.8 Å². The minimum atomic E-state index is -0.362. The molecule has 5 nitrogen and oxygen atoms in total. The first-order valence-corrected chi connectivity index (χ1v) is 6.44. The molecule has 0 aliphatic carbocycles. The van der Waals surface area contributed by atoms with Crippen molar-refractivity contribution < 1.29 is 9.90 Å². The van der Waals surface area contributed by atoms with E-state index in [0.717, 1.165) is 36.3 Å². The Balaban J connectivity index is 2.06. The molecule has 0 saturated carbocycles. The van der Waals surface area contributed by atoms with Gasteiger partial charge in [-0.3, -0.25) is 9.48 Å². The molecule has 5 heteroatoms. The van der Waals surface area contributed by atoms with Crippen LogP contribution in [0.5, 0.6) is 0 Å². The van der Waals surface area contributed by atoms with Crippen molar-refractivity contribution in [2.45, 2.75) is 39.2 Å². The Morgan fingerprint density at radius 2 is 2.22 bits per heavy atom. The van der Waals surface area contributed by atoms with Crippen molar-refractivity contribution in [1.82, 2.24) is 14.7 Å². The largest absolute Gasteiger partial charge is 0.391 e. The fourth-order valence-electron chi connectivity index (χ4n) is 2.52. The van der Waals surface area contributed by atoms with Crippen LogP contribution in [-0.2, 0) is 18.3 Å². The average molecular weight is 251 g/mol. The minimum Gasteiger partial charge on any atom is -0.391 e. The average Bonchev–Trinajstić information content (AvgIpc) is 2.56. The summed E-state index contributed by atoms with van der Waals surface area (Å²) in [7, 11) is 1.89. The molecule has 0 bridgehead atoms. The highest BCUT2D eigenvalue weighted by Gasteiger charge is 2.23.